The molecule has 0 N–H and O–H groups in total. The van der Waals surface area contributed by atoms with Gasteiger partial charge in [-0.05, 0) is 66.8 Å². The molecule has 0 spiro atoms. The summed E-state index contributed by atoms with van der Waals surface area (Å²) in [6.45, 7) is 4.28. The van der Waals surface area contributed by atoms with Crippen LogP contribution in [0.25, 0.3) is 0 Å². The van der Waals surface area contributed by atoms with Gasteiger partial charge in [0.15, 0.2) is 0 Å². The molecule has 0 aliphatic rings. The minimum absolute atomic E-state index is 0.153. The molecule has 0 bridgehead atoms. The molecule has 0 amide bonds. The van der Waals surface area contributed by atoms with Crippen LogP contribution in [0, 0.1) is 0 Å². The zero-order valence-electron chi connectivity index (χ0n) is 19.1. The number of esters is 2. The second-order valence-corrected chi connectivity index (χ2v) is 8.38. The van der Waals surface area contributed by atoms with Crippen molar-refractivity contribution in [3.63, 3.8) is 0 Å². The first kappa shape index (κ1) is 24.5. The summed E-state index contributed by atoms with van der Waals surface area (Å²) >= 11 is 6.28. The van der Waals surface area contributed by atoms with Gasteiger partial charge in [-0.15, -0.1) is 0 Å². The number of carbonyl (C=O) groups excluding carboxylic acids is 2. The summed E-state index contributed by atoms with van der Waals surface area (Å²) in [5.41, 5.74) is 3.04. The Morgan fingerprint density at radius 1 is 0.697 bits per heavy atom. The minimum atomic E-state index is -0.567. The Bertz CT molecular complexity index is 1070. The van der Waals surface area contributed by atoms with Crippen LogP contribution in [0.4, 0.5) is 0 Å². The van der Waals surface area contributed by atoms with Crippen molar-refractivity contribution in [2.75, 3.05) is 0 Å². The molecule has 0 radical (unpaired) electrons. The van der Waals surface area contributed by atoms with Crippen molar-refractivity contribution in [2.24, 2.45) is 0 Å². The van der Waals surface area contributed by atoms with Gasteiger partial charge in [-0.1, -0.05) is 69.0 Å². The Labute approximate surface area is 200 Å². The fourth-order valence-electron chi connectivity index (χ4n) is 3.45. The average Bonchev–Trinajstić information content (AvgIpc) is 2.81. The maximum absolute atomic E-state index is 12.6. The molecular formula is C28H29ClO4. The Morgan fingerprint density at radius 3 is 1.94 bits per heavy atom. The molecule has 0 aliphatic carbocycles. The van der Waals surface area contributed by atoms with Crippen LogP contribution in [0.2, 0.25) is 5.02 Å². The lowest BCUT2D eigenvalue weighted by Gasteiger charge is -2.09. The fourth-order valence-corrected chi connectivity index (χ4v) is 3.70. The number of aryl methyl sites for hydroxylation is 2. The van der Waals surface area contributed by atoms with Crippen LogP contribution in [0.1, 0.15) is 71.4 Å². The Kier molecular flexibility index (Phi) is 9.08. The summed E-state index contributed by atoms with van der Waals surface area (Å²) in [5.74, 6) is -0.334. The smallest absolute Gasteiger partial charge is 0.345 e. The van der Waals surface area contributed by atoms with Crippen LogP contribution in [0.5, 0.6) is 11.5 Å². The number of hydrogen-bond donors (Lipinski definition) is 0. The van der Waals surface area contributed by atoms with E-state index >= 15 is 0 Å². The van der Waals surface area contributed by atoms with E-state index in [9.17, 15) is 9.59 Å². The van der Waals surface area contributed by atoms with E-state index < -0.39 is 11.9 Å². The third-order valence-electron chi connectivity index (χ3n) is 5.30. The molecule has 4 nitrogen and oxygen atoms in total. The van der Waals surface area contributed by atoms with E-state index in [4.69, 9.17) is 21.1 Å². The quantitative estimate of drug-likeness (QED) is 0.177. The minimum Gasteiger partial charge on any atom is -0.423 e. The van der Waals surface area contributed by atoms with Crippen LogP contribution in [-0.2, 0) is 12.8 Å². The number of ether oxygens (including phenoxy) is 2. The highest BCUT2D eigenvalue weighted by Gasteiger charge is 2.16. The topological polar surface area (TPSA) is 52.6 Å². The zero-order chi connectivity index (χ0) is 23.6. The molecule has 0 heterocycles. The maximum atomic E-state index is 12.6. The van der Waals surface area contributed by atoms with E-state index in [2.05, 4.69) is 13.8 Å². The summed E-state index contributed by atoms with van der Waals surface area (Å²) in [6, 6.07) is 19.3. The number of rotatable bonds is 10. The Morgan fingerprint density at radius 2 is 1.30 bits per heavy atom. The molecule has 3 aromatic carbocycles. The summed E-state index contributed by atoms with van der Waals surface area (Å²) in [4.78, 5) is 25.0. The first-order valence-corrected chi connectivity index (χ1v) is 11.8. The number of benzene rings is 3. The number of halogens is 1. The Hall–Kier alpha value is -3.11. The largest absolute Gasteiger partial charge is 0.423 e. The van der Waals surface area contributed by atoms with Gasteiger partial charge in [-0.25, -0.2) is 9.59 Å². The molecule has 0 aromatic heterocycles. The first-order valence-electron chi connectivity index (χ1n) is 11.4. The van der Waals surface area contributed by atoms with Crippen molar-refractivity contribution in [1.29, 1.82) is 0 Å². The monoisotopic (exact) mass is 464 g/mol. The highest BCUT2D eigenvalue weighted by atomic mass is 35.5. The Balaban J connectivity index is 1.60. The van der Waals surface area contributed by atoms with Gasteiger partial charge in [0, 0.05) is 6.07 Å². The molecule has 5 heteroatoms. The summed E-state index contributed by atoms with van der Waals surface area (Å²) in [5, 5.41) is 0.153. The number of carbonyl (C=O) groups is 2. The van der Waals surface area contributed by atoms with Gasteiger partial charge in [-0.3, -0.25) is 0 Å². The van der Waals surface area contributed by atoms with Crippen LogP contribution in [0.3, 0.4) is 0 Å². The number of hydrogen-bond acceptors (Lipinski definition) is 4. The summed E-state index contributed by atoms with van der Waals surface area (Å²) < 4.78 is 10.9. The molecule has 3 rings (SSSR count). The number of unbranched alkanes of at least 4 members (excludes halogenated alkanes) is 2. The van der Waals surface area contributed by atoms with Gasteiger partial charge < -0.3 is 9.47 Å². The summed E-state index contributed by atoms with van der Waals surface area (Å²) in [6.07, 6.45) is 6.54. The molecule has 0 fully saturated rings. The van der Waals surface area contributed by atoms with Crippen LogP contribution < -0.4 is 9.47 Å². The van der Waals surface area contributed by atoms with E-state index in [1.54, 1.807) is 24.3 Å². The van der Waals surface area contributed by atoms with Gasteiger partial charge in [0.25, 0.3) is 0 Å². The van der Waals surface area contributed by atoms with Crippen LogP contribution >= 0.6 is 11.6 Å². The van der Waals surface area contributed by atoms with E-state index in [0.717, 1.165) is 25.7 Å². The molecular weight excluding hydrogens is 436 g/mol. The van der Waals surface area contributed by atoms with Crippen molar-refractivity contribution in [3.8, 4) is 11.5 Å². The SMILES string of the molecule is CCCCCc1ccc(OC(=O)c2ccc(OC(=O)c3ccc(CCC)cc3)cc2Cl)cc1. The highest BCUT2D eigenvalue weighted by molar-refractivity contribution is 6.33. The van der Waals surface area contributed by atoms with Crippen molar-refractivity contribution >= 4 is 23.5 Å². The fraction of sp³-hybridized carbons (Fsp3) is 0.286. The van der Waals surface area contributed by atoms with Gasteiger partial charge in [-0.2, -0.15) is 0 Å². The van der Waals surface area contributed by atoms with Gasteiger partial charge in [0.2, 0.25) is 0 Å². The normalized spacial score (nSPS) is 10.6. The van der Waals surface area contributed by atoms with E-state index in [1.807, 2.05) is 24.3 Å². The molecule has 0 saturated carbocycles. The van der Waals surface area contributed by atoms with Gasteiger partial charge >= 0.3 is 11.9 Å². The molecule has 0 aliphatic heterocycles. The standard InChI is InChI=1S/C28H29ClO4/c1-3-5-6-8-21-11-15-23(16-12-21)32-28(31)25-18-17-24(19-26(25)29)33-27(30)22-13-9-20(7-4-2)10-14-22/h9-19H,3-8H2,1-2H3. The van der Waals surface area contributed by atoms with Crippen LogP contribution in [-0.4, -0.2) is 11.9 Å². The van der Waals surface area contributed by atoms with Crippen molar-refractivity contribution < 1.29 is 19.1 Å². The zero-order valence-corrected chi connectivity index (χ0v) is 19.9. The van der Waals surface area contributed by atoms with Crippen molar-refractivity contribution in [2.45, 2.75) is 52.4 Å². The molecule has 33 heavy (non-hydrogen) atoms. The second-order valence-electron chi connectivity index (χ2n) is 7.97. The summed E-state index contributed by atoms with van der Waals surface area (Å²) in [7, 11) is 0. The van der Waals surface area contributed by atoms with Gasteiger partial charge in [0.05, 0.1) is 16.1 Å². The first-order chi connectivity index (χ1) is 16.0. The van der Waals surface area contributed by atoms with Crippen LogP contribution in [0.15, 0.2) is 66.7 Å². The predicted molar refractivity (Wildman–Crippen MR) is 131 cm³/mol. The average molecular weight is 465 g/mol. The predicted octanol–water partition coefficient (Wildman–Crippen LogP) is 7.46. The third kappa shape index (κ3) is 7.19. The lowest BCUT2D eigenvalue weighted by Crippen LogP contribution is -2.11. The molecule has 0 saturated heterocycles. The molecule has 0 unspecified atom stereocenters. The van der Waals surface area contributed by atoms with Crippen molar-refractivity contribution in [3.05, 3.63) is 94.0 Å². The molecule has 0 atom stereocenters. The maximum Gasteiger partial charge on any atom is 0.345 e. The lowest BCUT2D eigenvalue weighted by molar-refractivity contribution is 0.0730. The molecule has 172 valence electrons. The lowest BCUT2D eigenvalue weighted by atomic mass is 10.1. The van der Waals surface area contributed by atoms with E-state index in [0.29, 0.717) is 11.3 Å². The third-order valence-corrected chi connectivity index (χ3v) is 5.61. The van der Waals surface area contributed by atoms with Crippen molar-refractivity contribution in [1.82, 2.24) is 0 Å². The highest BCUT2D eigenvalue weighted by Crippen LogP contribution is 2.25. The second kappa shape index (κ2) is 12.2. The molecule has 3 aromatic rings. The van der Waals surface area contributed by atoms with Gasteiger partial charge in [0.1, 0.15) is 11.5 Å². The van der Waals surface area contributed by atoms with E-state index in [-0.39, 0.29) is 16.3 Å². The van der Waals surface area contributed by atoms with E-state index in [1.165, 1.54) is 42.2 Å².